The van der Waals surface area contributed by atoms with Crippen LogP contribution in [-0.2, 0) is 9.59 Å². The molecule has 0 aromatic heterocycles. The Bertz CT molecular complexity index is 621. The van der Waals surface area contributed by atoms with Crippen molar-refractivity contribution < 1.29 is 30.0 Å². The molecule has 0 unspecified atom stereocenters. The van der Waals surface area contributed by atoms with Gasteiger partial charge in [0, 0.05) is 26.1 Å². The van der Waals surface area contributed by atoms with Crippen molar-refractivity contribution in [2.24, 2.45) is 0 Å². The molecule has 256 valence electrons. The zero-order valence-corrected chi connectivity index (χ0v) is 27.8. The molecule has 0 aromatic rings. The van der Waals surface area contributed by atoms with Gasteiger partial charge >= 0.3 is 0 Å². The van der Waals surface area contributed by atoms with Crippen LogP contribution in [0.4, 0.5) is 0 Å². The standard InChI is InChI=1S/C35H70N2O6/c1-2-3-4-5-6-7-8-9-10-11-12-15-18-21-24-28-36-32(40)26-23-20-17-14-13-16-19-22-25-29-37-35(43)34(42)33(41)31(39)27-30-38/h31,33-34,38-39,41-42H,2-30H2,1H3,(H,36,40)(H,37,43)/t31-,33+,34-/m1/s1. The van der Waals surface area contributed by atoms with Crippen molar-refractivity contribution in [2.75, 3.05) is 19.7 Å². The number of carbonyl (C=O) groups excluding carboxylic acids is 2. The molecule has 0 rings (SSSR count). The quantitative estimate of drug-likeness (QED) is 0.0469. The minimum absolute atomic E-state index is 0.0968. The number of aliphatic hydroxyl groups excluding tert-OH is 4. The summed E-state index contributed by atoms with van der Waals surface area (Å²) in [4.78, 5) is 23.9. The summed E-state index contributed by atoms with van der Waals surface area (Å²) < 4.78 is 0. The van der Waals surface area contributed by atoms with Crippen molar-refractivity contribution in [3.05, 3.63) is 0 Å². The van der Waals surface area contributed by atoms with Crippen LogP contribution in [-0.4, -0.2) is 70.2 Å². The van der Waals surface area contributed by atoms with Crippen molar-refractivity contribution in [3.8, 4) is 0 Å². The molecule has 0 aromatic carbocycles. The minimum atomic E-state index is -1.70. The number of amides is 2. The number of hydrogen-bond acceptors (Lipinski definition) is 6. The number of rotatable bonds is 33. The molecule has 0 spiro atoms. The number of nitrogens with one attached hydrogen (secondary N) is 2. The van der Waals surface area contributed by atoms with Gasteiger partial charge in [-0.3, -0.25) is 9.59 Å². The Hall–Kier alpha value is -1.22. The second-order valence-corrected chi connectivity index (χ2v) is 12.5. The van der Waals surface area contributed by atoms with E-state index in [0.717, 1.165) is 57.9 Å². The highest BCUT2D eigenvalue weighted by molar-refractivity contribution is 5.81. The predicted octanol–water partition coefficient (Wildman–Crippen LogP) is 6.46. The predicted molar refractivity (Wildman–Crippen MR) is 177 cm³/mol. The molecule has 6 N–H and O–H groups in total. The summed E-state index contributed by atoms with van der Waals surface area (Å²) in [5, 5.41) is 43.5. The fraction of sp³-hybridized carbons (Fsp3) is 0.943. The molecule has 0 aliphatic heterocycles. The summed E-state index contributed by atoms with van der Waals surface area (Å²) in [7, 11) is 0. The molecule has 0 aliphatic carbocycles. The summed E-state index contributed by atoms with van der Waals surface area (Å²) >= 11 is 0. The molecule has 0 saturated heterocycles. The Labute approximate surface area is 264 Å². The SMILES string of the molecule is CCCCCCCCCCCCCCCCCNC(=O)CCCCCCCCCCCNC(=O)[C@H](O)[C@@H](O)[C@H](O)CCO. The highest BCUT2D eigenvalue weighted by Gasteiger charge is 2.29. The van der Waals surface area contributed by atoms with Crippen LogP contribution in [0.2, 0.25) is 0 Å². The van der Waals surface area contributed by atoms with Crippen molar-refractivity contribution >= 4 is 11.8 Å². The lowest BCUT2D eigenvalue weighted by Gasteiger charge is -2.21. The first-order valence-corrected chi connectivity index (χ1v) is 18.1. The monoisotopic (exact) mass is 615 g/mol. The smallest absolute Gasteiger partial charge is 0.251 e. The van der Waals surface area contributed by atoms with Gasteiger partial charge in [0.05, 0.1) is 6.10 Å². The number of hydrogen-bond donors (Lipinski definition) is 6. The van der Waals surface area contributed by atoms with Gasteiger partial charge in [0.1, 0.15) is 6.10 Å². The number of carbonyl (C=O) groups is 2. The van der Waals surface area contributed by atoms with Gasteiger partial charge in [-0.1, -0.05) is 142 Å². The van der Waals surface area contributed by atoms with E-state index in [0.29, 0.717) is 13.0 Å². The van der Waals surface area contributed by atoms with Crippen LogP contribution in [0.3, 0.4) is 0 Å². The maximum absolute atomic E-state index is 12.0. The highest BCUT2D eigenvalue weighted by atomic mass is 16.4. The van der Waals surface area contributed by atoms with Crippen molar-refractivity contribution in [1.29, 1.82) is 0 Å². The van der Waals surface area contributed by atoms with Crippen LogP contribution in [0.25, 0.3) is 0 Å². The molecule has 8 heteroatoms. The third kappa shape index (κ3) is 28.0. The average Bonchev–Trinajstić information content (AvgIpc) is 3.00. The van der Waals surface area contributed by atoms with E-state index in [1.54, 1.807) is 0 Å². The Morgan fingerprint density at radius 3 is 1.33 bits per heavy atom. The van der Waals surface area contributed by atoms with Crippen molar-refractivity contribution in [2.45, 2.75) is 192 Å². The van der Waals surface area contributed by atoms with E-state index in [-0.39, 0.29) is 18.9 Å². The van der Waals surface area contributed by atoms with Gasteiger partial charge in [-0.05, 0) is 25.7 Å². The van der Waals surface area contributed by atoms with E-state index in [9.17, 15) is 24.9 Å². The summed E-state index contributed by atoms with van der Waals surface area (Å²) in [5.41, 5.74) is 0. The summed E-state index contributed by atoms with van der Waals surface area (Å²) in [5.74, 6) is -0.510. The normalized spacial score (nSPS) is 13.5. The molecule has 0 fully saturated rings. The van der Waals surface area contributed by atoms with E-state index >= 15 is 0 Å². The lowest BCUT2D eigenvalue weighted by atomic mass is 10.0. The molecular formula is C35H70N2O6. The highest BCUT2D eigenvalue weighted by Crippen LogP contribution is 2.14. The van der Waals surface area contributed by atoms with Gasteiger partial charge < -0.3 is 31.1 Å². The maximum Gasteiger partial charge on any atom is 0.251 e. The Balaban J connectivity index is 3.34. The zero-order chi connectivity index (χ0) is 31.8. The van der Waals surface area contributed by atoms with Gasteiger partial charge in [-0.25, -0.2) is 0 Å². The molecule has 0 bridgehead atoms. The van der Waals surface area contributed by atoms with Crippen LogP contribution in [0.15, 0.2) is 0 Å². The zero-order valence-electron chi connectivity index (χ0n) is 27.8. The summed E-state index contributed by atoms with van der Waals surface area (Å²) in [6, 6.07) is 0. The average molecular weight is 615 g/mol. The second-order valence-electron chi connectivity index (χ2n) is 12.5. The summed E-state index contributed by atoms with van der Waals surface area (Å²) in [6.45, 7) is 3.18. The van der Waals surface area contributed by atoms with E-state index < -0.39 is 24.2 Å². The minimum Gasteiger partial charge on any atom is -0.396 e. The Morgan fingerprint density at radius 1 is 0.535 bits per heavy atom. The molecular weight excluding hydrogens is 544 g/mol. The van der Waals surface area contributed by atoms with E-state index in [1.807, 2.05) is 0 Å². The first-order valence-electron chi connectivity index (χ1n) is 18.1. The Morgan fingerprint density at radius 2 is 0.907 bits per heavy atom. The van der Waals surface area contributed by atoms with Gasteiger partial charge in [-0.15, -0.1) is 0 Å². The van der Waals surface area contributed by atoms with E-state index in [4.69, 9.17) is 5.11 Å². The van der Waals surface area contributed by atoms with E-state index in [1.165, 1.54) is 103 Å². The van der Waals surface area contributed by atoms with Crippen LogP contribution in [0.5, 0.6) is 0 Å². The fourth-order valence-corrected chi connectivity index (χ4v) is 5.45. The molecule has 0 radical (unpaired) electrons. The first-order chi connectivity index (χ1) is 20.9. The second kappa shape index (κ2) is 32.2. The molecule has 0 heterocycles. The van der Waals surface area contributed by atoms with Crippen molar-refractivity contribution in [1.82, 2.24) is 10.6 Å². The molecule has 43 heavy (non-hydrogen) atoms. The van der Waals surface area contributed by atoms with Crippen LogP contribution in [0, 0.1) is 0 Å². The lowest BCUT2D eigenvalue weighted by molar-refractivity contribution is -0.141. The summed E-state index contributed by atoms with van der Waals surface area (Å²) in [6.07, 6.45) is 25.8. The van der Waals surface area contributed by atoms with Gasteiger partial charge in [0.25, 0.3) is 5.91 Å². The van der Waals surface area contributed by atoms with Gasteiger partial charge in [0.15, 0.2) is 6.10 Å². The molecule has 8 nitrogen and oxygen atoms in total. The van der Waals surface area contributed by atoms with Gasteiger partial charge in [-0.2, -0.15) is 0 Å². The van der Waals surface area contributed by atoms with Gasteiger partial charge in [0.2, 0.25) is 5.91 Å². The van der Waals surface area contributed by atoms with E-state index in [2.05, 4.69) is 17.6 Å². The van der Waals surface area contributed by atoms with Crippen molar-refractivity contribution in [3.63, 3.8) is 0 Å². The topological polar surface area (TPSA) is 139 Å². The largest absolute Gasteiger partial charge is 0.396 e. The van der Waals surface area contributed by atoms with Crippen LogP contribution < -0.4 is 10.6 Å². The third-order valence-corrected chi connectivity index (χ3v) is 8.39. The fourth-order valence-electron chi connectivity index (χ4n) is 5.45. The number of aliphatic hydroxyl groups is 4. The lowest BCUT2D eigenvalue weighted by Crippen LogP contribution is -2.47. The maximum atomic E-state index is 12.0. The first kappa shape index (κ1) is 41.8. The third-order valence-electron chi connectivity index (χ3n) is 8.39. The molecule has 3 atom stereocenters. The number of unbranched alkanes of at least 4 members (excludes halogenated alkanes) is 22. The Kier molecular flexibility index (Phi) is 31.3. The molecule has 0 aliphatic rings. The van der Waals surface area contributed by atoms with Crippen LogP contribution >= 0.6 is 0 Å². The van der Waals surface area contributed by atoms with Crippen LogP contribution in [0.1, 0.15) is 174 Å². The molecule has 2 amide bonds. The molecule has 0 saturated carbocycles.